The first-order valence-corrected chi connectivity index (χ1v) is 12.0. The van der Waals surface area contributed by atoms with E-state index in [2.05, 4.69) is 10.6 Å². The highest BCUT2D eigenvalue weighted by molar-refractivity contribution is 6.30. The molecule has 0 saturated heterocycles. The molecule has 4 rings (SSSR count). The molecule has 2 amide bonds. The van der Waals surface area contributed by atoms with Crippen molar-refractivity contribution in [2.45, 2.75) is 44.7 Å². The molecule has 6 nitrogen and oxygen atoms in total. The highest BCUT2D eigenvalue weighted by Crippen LogP contribution is 2.29. The van der Waals surface area contributed by atoms with E-state index in [1.54, 1.807) is 31.5 Å². The summed E-state index contributed by atoms with van der Waals surface area (Å²) < 4.78 is 1.87. The number of nitrogens with one attached hydrogen (secondary N) is 2. The summed E-state index contributed by atoms with van der Waals surface area (Å²) in [5, 5.41) is 6.30. The van der Waals surface area contributed by atoms with Crippen LogP contribution < -0.4 is 16.1 Å². The molecule has 1 aromatic heterocycles. The number of carbonyl (C=O) groups excluding carboxylic acids is 2. The lowest BCUT2D eigenvalue weighted by atomic mass is 9.98. The Bertz CT molecular complexity index is 1220. The molecule has 2 N–H and O–H groups in total. The Kier molecular flexibility index (Phi) is 7.48. The normalized spacial score (nSPS) is 14.5. The Balaban J connectivity index is 1.74. The molecule has 34 heavy (non-hydrogen) atoms. The van der Waals surface area contributed by atoms with E-state index >= 15 is 0 Å². The van der Waals surface area contributed by atoms with Crippen LogP contribution in [0, 0.1) is 0 Å². The van der Waals surface area contributed by atoms with Gasteiger partial charge in [0.1, 0.15) is 11.1 Å². The van der Waals surface area contributed by atoms with E-state index in [0.717, 1.165) is 36.8 Å². The second-order valence-electron chi connectivity index (χ2n) is 8.53. The number of hydrogen-bond donors (Lipinski definition) is 2. The molecule has 1 aliphatic rings. The molecule has 7 heteroatoms. The molecule has 0 bridgehead atoms. The fourth-order valence-corrected chi connectivity index (χ4v) is 4.58. The van der Waals surface area contributed by atoms with Crippen molar-refractivity contribution in [1.82, 2.24) is 15.2 Å². The van der Waals surface area contributed by atoms with Gasteiger partial charge >= 0.3 is 0 Å². The van der Waals surface area contributed by atoms with Gasteiger partial charge in [-0.2, -0.15) is 0 Å². The number of carbonyl (C=O) groups is 2. The van der Waals surface area contributed by atoms with Crippen LogP contribution in [0.4, 0.5) is 0 Å². The van der Waals surface area contributed by atoms with Crippen molar-refractivity contribution in [3.05, 3.63) is 104 Å². The number of nitrogens with zero attached hydrogens (tertiary/aromatic N) is 1. The van der Waals surface area contributed by atoms with Gasteiger partial charge in [-0.25, -0.2) is 0 Å². The molecular formula is C27H28ClN3O3. The van der Waals surface area contributed by atoms with Crippen LogP contribution in [0.5, 0.6) is 0 Å². The zero-order valence-corrected chi connectivity index (χ0v) is 19.8. The van der Waals surface area contributed by atoms with Crippen molar-refractivity contribution in [1.29, 1.82) is 0 Å². The van der Waals surface area contributed by atoms with Crippen LogP contribution in [0.15, 0.2) is 71.8 Å². The number of hydrogen-bond acceptors (Lipinski definition) is 3. The van der Waals surface area contributed by atoms with E-state index in [9.17, 15) is 14.4 Å². The highest BCUT2D eigenvalue weighted by Gasteiger charge is 2.25. The standard InChI is InChI=1S/C27H28ClN3O3/c1-2-29-26(33)22-16-31(21-10-6-7-11-21)17-23(25(22)32)27(34)30-24(18-8-4-3-5-9-18)19-12-14-20(28)15-13-19/h3-5,8-9,12-17,21,24H,2,6-7,10-11H2,1H3,(H,29,33)(H,30,34)/t24-/m1/s1. The summed E-state index contributed by atoms with van der Waals surface area (Å²) in [4.78, 5) is 39.4. The molecule has 1 heterocycles. The van der Waals surface area contributed by atoms with E-state index in [1.807, 2.05) is 47.0 Å². The molecule has 1 aliphatic carbocycles. The molecule has 2 aromatic carbocycles. The summed E-state index contributed by atoms with van der Waals surface area (Å²) in [5.41, 5.74) is 1.09. The van der Waals surface area contributed by atoms with Crippen LogP contribution in [0.25, 0.3) is 0 Å². The van der Waals surface area contributed by atoms with E-state index in [1.165, 1.54) is 0 Å². The van der Waals surface area contributed by atoms with Gasteiger partial charge in [0.05, 0.1) is 6.04 Å². The van der Waals surface area contributed by atoms with Crippen LogP contribution >= 0.6 is 11.6 Å². The van der Waals surface area contributed by atoms with E-state index in [4.69, 9.17) is 11.6 Å². The molecule has 176 valence electrons. The molecular weight excluding hydrogens is 450 g/mol. The number of halogens is 1. The van der Waals surface area contributed by atoms with Gasteiger partial charge in [0.15, 0.2) is 0 Å². The molecule has 0 unspecified atom stereocenters. The Morgan fingerprint density at radius 1 is 0.941 bits per heavy atom. The van der Waals surface area contributed by atoms with Crippen LogP contribution in [0.1, 0.15) is 76.5 Å². The van der Waals surface area contributed by atoms with Crippen LogP contribution in [-0.4, -0.2) is 22.9 Å². The van der Waals surface area contributed by atoms with Gasteiger partial charge in [-0.15, -0.1) is 0 Å². The molecule has 0 spiro atoms. The van der Waals surface area contributed by atoms with Gasteiger partial charge in [-0.05, 0) is 43.0 Å². The van der Waals surface area contributed by atoms with Crippen molar-refractivity contribution < 1.29 is 9.59 Å². The van der Waals surface area contributed by atoms with E-state index < -0.39 is 23.3 Å². The van der Waals surface area contributed by atoms with Gasteiger partial charge in [0, 0.05) is 30.0 Å². The lowest BCUT2D eigenvalue weighted by Crippen LogP contribution is -2.37. The van der Waals surface area contributed by atoms with Crippen molar-refractivity contribution in [3.63, 3.8) is 0 Å². The van der Waals surface area contributed by atoms with Gasteiger partial charge in [-0.1, -0.05) is 66.9 Å². The minimum atomic E-state index is -0.569. The minimum Gasteiger partial charge on any atom is -0.352 e. The second-order valence-corrected chi connectivity index (χ2v) is 8.96. The molecule has 3 aromatic rings. The third-order valence-corrected chi connectivity index (χ3v) is 6.48. The first-order chi connectivity index (χ1) is 16.5. The third kappa shape index (κ3) is 5.23. The molecule has 1 saturated carbocycles. The lowest BCUT2D eigenvalue weighted by molar-refractivity contribution is 0.0940. The molecule has 0 radical (unpaired) electrons. The molecule has 0 aliphatic heterocycles. The Labute approximate surface area is 204 Å². The predicted octanol–water partition coefficient (Wildman–Crippen LogP) is 4.89. The van der Waals surface area contributed by atoms with Crippen LogP contribution in [0.2, 0.25) is 5.02 Å². The zero-order chi connectivity index (χ0) is 24.1. The second kappa shape index (κ2) is 10.7. The van der Waals surface area contributed by atoms with Gasteiger partial charge in [-0.3, -0.25) is 14.4 Å². The monoisotopic (exact) mass is 477 g/mol. The number of aromatic nitrogens is 1. The maximum atomic E-state index is 13.5. The molecule has 1 atom stereocenters. The third-order valence-electron chi connectivity index (χ3n) is 6.23. The fourth-order valence-electron chi connectivity index (χ4n) is 4.46. The summed E-state index contributed by atoms with van der Waals surface area (Å²) in [6, 6.07) is 16.4. The average Bonchev–Trinajstić information content (AvgIpc) is 3.39. The van der Waals surface area contributed by atoms with Crippen LogP contribution in [0.3, 0.4) is 0 Å². The van der Waals surface area contributed by atoms with Crippen molar-refractivity contribution in [2.24, 2.45) is 0 Å². The van der Waals surface area contributed by atoms with Crippen molar-refractivity contribution >= 4 is 23.4 Å². The number of pyridine rings is 1. The van der Waals surface area contributed by atoms with E-state index in [0.29, 0.717) is 11.6 Å². The Morgan fingerprint density at radius 2 is 1.53 bits per heavy atom. The Morgan fingerprint density at radius 3 is 2.15 bits per heavy atom. The Hall–Kier alpha value is -3.38. The summed E-state index contributed by atoms with van der Waals surface area (Å²) in [5.74, 6) is -0.988. The van der Waals surface area contributed by atoms with Crippen molar-refractivity contribution in [2.75, 3.05) is 6.54 Å². The minimum absolute atomic E-state index is 0.0100. The van der Waals surface area contributed by atoms with Gasteiger partial charge < -0.3 is 15.2 Å². The SMILES string of the molecule is CCNC(=O)c1cn(C2CCCC2)cc(C(=O)N[C@H](c2ccccc2)c2ccc(Cl)cc2)c1=O. The summed E-state index contributed by atoms with van der Waals surface area (Å²) in [6.45, 7) is 2.19. The zero-order valence-electron chi connectivity index (χ0n) is 19.1. The molecule has 1 fully saturated rings. The van der Waals surface area contributed by atoms with Gasteiger partial charge in [0.25, 0.3) is 11.8 Å². The number of rotatable bonds is 7. The average molecular weight is 478 g/mol. The first-order valence-electron chi connectivity index (χ1n) is 11.6. The fraction of sp³-hybridized carbons (Fsp3) is 0.296. The number of benzene rings is 2. The summed E-state index contributed by atoms with van der Waals surface area (Å²) >= 11 is 6.07. The van der Waals surface area contributed by atoms with Gasteiger partial charge in [0.2, 0.25) is 5.43 Å². The quantitative estimate of drug-likeness (QED) is 0.508. The first kappa shape index (κ1) is 23.8. The lowest BCUT2D eigenvalue weighted by Gasteiger charge is -2.21. The smallest absolute Gasteiger partial charge is 0.257 e. The highest BCUT2D eigenvalue weighted by atomic mass is 35.5. The van der Waals surface area contributed by atoms with Crippen LogP contribution in [-0.2, 0) is 0 Å². The van der Waals surface area contributed by atoms with Crippen molar-refractivity contribution in [3.8, 4) is 0 Å². The summed E-state index contributed by atoms with van der Waals surface area (Å²) in [6.07, 6.45) is 7.27. The summed E-state index contributed by atoms with van der Waals surface area (Å²) in [7, 11) is 0. The topological polar surface area (TPSA) is 80.2 Å². The maximum absolute atomic E-state index is 13.5. The van der Waals surface area contributed by atoms with E-state index in [-0.39, 0.29) is 17.2 Å². The maximum Gasteiger partial charge on any atom is 0.257 e. The predicted molar refractivity (Wildman–Crippen MR) is 133 cm³/mol. The number of amides is 2. The largest absolute Gasteiger partial charge is 0.352 e.